The SMILES string of the molecule is CC1CC2CCC(N)(CC2)C1. The normalized spacial score (nSPS) is 50.7. The molecule has 0 amide bonds. The number of hydrogen-bond acceptors (Lipinski definition) is 1. The van der Waals surface area contributed by atoms with Gasteiger partial charge in [-0.1, -0.05) is 6.92 Å². The van der Waals surface area contributed by atoms with Gasteiger partial charge in [-0.05, 0) is 50.4 Å². The Morgan fingerprint density at radius 2 is 1.91 bits per heavy atom. The largest absolute Gasteiger partial charge is 0.325 e. The van der Waals surface area contributed by atoms with Crippen molar-refractivity contribution in [1.82, 2.24) is 0 Å². The zero-order valence-electron chi connectivity index (χ0n) is 7.47. The van der Waals surface area contributed by atoms with Crippen molar-refractivity contribution in [2.75, 3.05) is 0 Å². The van der Waals surface area contributed by atoms with Gasteiger partial charge >= 0.3 is 0 Å². The first-order valence-corrected chi connectivity index (χ1v) is 4.97. The topological polar surface area (TPSA) is 26.0 Å². The van der Waals surface area contributed by atoms with E-state index >= 15 is 0 Å². The van der Waals surface area contributed by atoms with Crippen LogP contribution in [0.15, 0.2) is 0 Å². The zero-order valence-corrected chi connectivity index (χ0v) is 7.47. The van der Waals surface area contributed by atoms with Crippen molar-refractivity contribution in [1.29, 1.82) is 0 Å². The Morgan fingerprint density at radius 3 is 2.55 bits per heavy atom. The van der Waals surface area contributed by atoms with Crippen molar-refractivity contribution < 1.29 is 0 Å². The highest BCUT2D eigenvalue weighted by atomic mass is 14.8. The Bertz CT molecular complexity index is 145. The Balaban J connectivity index is 2.14. The van der Waals surface area contributed by atoms with Crippen LogP contribution < -0.4 is 5.73 Å². The molecule has 0 aromatic carbocycles. The number of nitrogens with two attached hydrogens (primary N) is 1. The summed E-state index contributed by atoms with van der Waals surface area (Å²) in [5.41, 5.74) is 6.53. The first kappa shape index (κ1) is 7.60. The van der Waals surface area contributed by atoms with Crippen molar-refractivity contribution >= 4 is 0 Å². The van der Waals surface area contributed by atoms with Gasteiger partial charge in [0.15, 0.2) is 0 Å². The molecule has 2 N–H and O–H groups in total. The quantitative estimate of drug-likeness (QED) is 0.568. The van der Waals surface area contributed by atoms with Crippen LogP contribution in [-0.4, -0.2) is 5.54 Å². The lowest BCUT2D eigenvalue weighted by atomic mass is 9.79. The van der Waals surface area contributed by atoms with Crippen LogP contribution in [0.4, 0.5) is 0 Å². The molecule has 1 nitrogen and oxygen atoms in total. The van der Waals surface area contributed by atoms with Crippen LogP contribution in [-0.2, 0) is 0 Å². The van der Waals surface area contributed by atoms with E-state index in [1.165, 1.54) is 38.5 Å². The molecule has 0 aromatic rings. The number of hydrogen-bond donors (Lipinski definition) is 1. The minimum absolute atomic E-state index is 0.242. The van der Waals surface area contributed by atoms with Crippen molar-refractivity contribution in [2.45, 2.75) is 51.0 Å². The molecule has 0 aromatic heterocycles. The van der Waals surface area contributed by atoms with E-state index in [1.54, 1.807) is 0 Å². The standard InChI is InChI=1S/C10H19N/c1-8-6-9-2-4-10(11,7-8)5-3-9/h8-9H,2-7,11H2,1H3. The van der Waals surface area contributed by atoms with Gasteiger partial charge in [0.1, 0.15) is 0 Å². The molecule has 1 heteroatoms. The second-order valence-electron chi connectivity index (χ2n) is 4.85. The zero-order chi connectivity index (χ0) is 7.90. The summed E-state index contributed by atoms with van der Waals surface area (Å²) in [6.45, 7) is 2.37. The van der Waals surface area contributed by atoms with Gasteiger partial charge in [-0.15, -0.1) is 0 Å². The van der Waals surface area contributed by atoms with Crippen molar-refractivity contribution in [3.63, 3.8) is 0 Å². The molecular formula is C10H19N. The summed E-state index contributed by atoms with van der Waals surface area (Å²) in [5, 5.41) is 0. The highest BCUT2D eigenvalue weighted by Crippen LogP contribution is 2.42. The molecule has 3 saturated carbocycles. The third-order valence-electron chi connectivity index (χ3n) is 3.59. The molecule has 1 atom stereocenters. The fourth-order valence-corrected chi connectivity index (χ4v) is 3.04. The molecule has 2 bridgehead atoms. The molecule has 3 fully saturated rings. The maximum atomic E-state index is 6.29. The summed E-state index contributed by atoms with van der Waals surface area (Å²) < 4.78 is 0. The van der Waals surface area contributed by atoms with Crippen LogP contribution in [0, 0.1) is 11.8 Å². The Kier molecular flexibility index (Phi) is 1.71. The van der Waals surface area contributed by atoms with Gasteiger partial charge < -0.3 is 5.73 Å². The first-order chi connectivity index (χ1) is 5.18. The summed E-state index contributed by atoms with van der Waals surface area (Å²) >= 11 is 0. The molecule has 0 saturated heterocycles. The van der Waals surface area contributed by atoms with Crippen LogP contribution in [0.1, 0.15) is 45.4 Å². The van der Waals surface area contributed by atoms with Gasteiger partial charge in [-0.25, -0.2) is 0 Å². The number of fused-ring (bicyclic) bond motifs is 4. The van der Waals surface area contributed by atoms with E-state index in [9.17, 15) is 0 Å². The van der Waals surface area contributed by atoms with Crippen molar-refractivity contribution in [2.24, 2.45) is 17.6 Å². The van der Waals surface area contributed by atoms with Gasteiger partial charge in [0, 0.05) is 5.54 Å². The lowest BCUT2D eigenvalue weighted by Crippen LogP contribution is -2.41. The maximum Gasteiger partial charge on any atom is 0.0157 e. The fraction of sp³-hybridized carbons (Fsp3) is 1.00. The van der Waals surface area contributed by atoms with Crippen LogP contribution in [0.5, 0.6) is 0 Å². The highest BCUT2D eigenvalue weighted by Gasteiger charge is 2.37. The second kappa shape index (κ2) is 2.48. The van der Waals surface area contributed by atoms with E-state index in [2.05, 4.69) is 6.92 Å². The van der Waals surface area contributed by atoms with Gasteiger partial charge in [0.2, 0.25) is 0 Å². The summed E-state index contributed by atoms with van der Waals surface area (Å²) in [4.78, 5) is 0. The van der Waals surface area contributed by atoms with Gasteiger partial charge in [-0.2, -0.15) is 0 Å². The summed E-state index contributed by atoms with van der Waals surface area (Å²) in [5.74, 6) is 1.90. The lowest BCUT2D eigenvalue weighted by molar-refractivity contribution is 0.261. The maximum absolute atomic E-state index is 6.29. The van der Waals surface area contributed by atoms with Crippen molar-refractivity contribution in [3.8, 4) is 0 Å². The van der Waals surface area contributed by atoms with E-state index in [4.69, 9.17) is 5.73 Å². The highest BCUT2D eigenvalue weighted by molar-refractivity contribution is 4.94. The number of rotatable bonds is 0. The van der Waals surface area contributed by atoms with Crippen LogP contribution >= 0.6 is 0 Å². The molecule has 0 spiro atoms. The van der Waals surface area contributed by atoms with Crippen molar-refractivity contribution in [3.05, 3.63) is 0 Å². The monoisotopic (exact) mass is 153 g/mol. The smallest absolute Gasteiger partial charge is 0.0157 e. The minimum Gasteiger partial charge on any atom is -0.325 e. The molecule has 3 aliphatic rings. The average Bonchev–Trinajstić information content (AvgIpc) is 2.14. The molecule has 0 radical (unpaired) electrons. The van der Waals surface area contributed by atoms with E-state index in [0.717, 1.165) is 11.8 Å². The summed E-state index contributed by atoms with van der Waals surface area (Å²) in [6.07, 6.45) is 8.12. The van der Waals surface area contributed by atoms with Crippen LogP contribution in [0.3, 0.4) is 0 Å². The van der Waals surface area contributed by atoms with Gasteiger partial charge in [-0.3, -0.25) is 0 Å². The molecule has 0 aliphatic heterocycles. The molecule has 0 heterocycles. The molecule has 3 aliphatic carbocycles. The first-order valence-electron chi connectivity index (χ1n) is 4.97. The minimum atomic E-state index is 0.242. The molecule has 3 rings (SSSR count). The Morgan fingerprint density at radius 1 is 1.27 bits per heavy atom. The Hall–Kier alpha value is -0.0400. The predicted molar refractivity (Wildman–Crippen MR) is 47.3 cm³/mol. The van der Waals surface area contributed by atoms with E-state index in [-0.39, 0.29) is 5.54 Å². The molecule has 64 valence electrons. The predicted octanol–water partition coefficient (Wildman–Crippen LogP) is 2.30. The van der Waals surface area contributed by atoms with Crippen LogP contribution in [0.25, 0.3) is 0 Å². The third kappa shape index (κ3) is 1.44. The van der Waals surface area contributed by atoms with E-state index in [0.29, 0.717) is 0 Å². The van der Waals surface area contributed by atoms with Gasteiger partial charge in [0.05, 0.1) is 0 Å². The molecule has 11 heavy (non-hydrogen) atoms. The van der Waals surface area contributed by atoms with Crippen LogP contribution in [0.2, 0.25) is 0 Å². The van der Waals surface area contributed by atoms with Gasteiger partial charge in [0.25, 0.3) is 0 Å². The third-order valence-corrected chi connectivity index (χ3v) is 3.59. The van der Waals surface area contributed by atoms with E-state index in [1.807, 2.05) is 0 Å². The molecular weight excluding hydrogens is 134 g/mol. The fourth-order valence-electron chi connectivity index (χ4n) is 3.04. The summed E-state index contributed by atoms with van der Waals surface area (Å²) in [6, 6.07) is 0. The lowest BCUT2D eigenvalue weighted by Gasteiger charge is -2.33. The summed E-state index contributed by atoms with van der Waals surface area (Å²) in [7, 11) is 0. The molecule has 1 unspecified atom stereocenters. The Labute approximate surface area is 69.4 Å². The van der Waals surface area contributed by atoms with E-state index < -0.39 is 0 Å². The average molecular weight is 153 g/mol. The second-order valence-corrected chi connectivity index (χ2v) is 4.85.